The third-order valence-corrected chi connectivity index (χ3v) is 5.36. The average Bonchev–Trinajstić information content (AvgIpc) is 2.42. The molecule has 6 heteroatoms. The molecule has 0 aromatic heterocycles. The fourth-order valence-electron chi connectivity index (χ4n) is 2.55. The van der Waals surface area contributed by atoms with E-state index in [1.54, 1.807) is 0 Å². The van der Waals surface area contributed by atoms with E-state index >= 15 is 0 Å². The SMILES string of the molecule is CCCCCCCCCC(CCCC(O)CC)S(=O)(=O)[O-].[K+]. The molecule has 2 atom stereocenters. The van der Waals surface area contributed by atoms with Gasteiger partial charge in [0, 0.05) is 5.25 Å². The summed E-state index contributed by atoms with van der Waals surface area (Å²) in [6.45, 7) is 4.07. The summed E-state index contributed by atoms with van der Waals surface area (Å²) in [7, 11) is -4.20. The number of unbranched alkanes of at least 4 members (excludes halogenated alkanes) is 6. The van der Waals surface area contributed by atoms with E-state index in [1.165, 1.54) is 25.7 Å². The molecule has 0 fully saturated rings. The van der Waals surface area contributed by atoms with E-state index in [-0.39, 0.29) is 57.5 Å². The van der Waals surface area contributed by atoms with Crippen LogP contribution in [0.2, 0.25) is 0 Å². The molecule has 0 aliphatic heterocycles. The van der Waals surface area contributed by atoms with Crippen LogP contribution in [0.1, 0.15) is 90.9 Å². The molecule has 0 aliphatic rings. The molecule has 0 aromatic carbocycles. The van der Waals surface area contributed by atoms with Crippen LogP contribution in [0.5, 0.6) is 0 Å². The van der Waals surface area contributed by atoms with Gasteiger partial charge in [0.1, 0.15) is 0 Å². The molecular weight excluding hydrogens is 327 g/mol. The van der Waals surface area contributed by atoms with Crippen LogP contribution < -0.4 is 51.4 Å². The summed E-state index contributed by atoms with van der Waals surface area (Å²) < 4.78 is 33.8. The van der Waals surface area contributed by atoms with Crippen molar-refractivity contribution < 1.29 is 69.5 Å². The topological polar surface area (TPSA) is 77.4 Å². The Labute approximate surface area is 180 Å². The van der Waals surface area contributed by atoms with E-state index in [2.05, 4.69) is 6.92 Å². The zero-order valence-electron chi connectivity index (χ0n) is 14.7. The van der Waals surface area contributed by atoms with Crippen LogP contribution in [0, 0.1) is 0 Å². The largest absolute Gasteiger partial charge is 1.00 e. The Morgan fingerprint density at radius 1 is 0.864 bits per heavy atom. The number of aliphatic hydroxyl groups excluding tert-OH is 1. The maximum absolute atomic E-state index is 11.3. The van der Waals surface area contributed by atoms with Gasteiger partial charge >= 0.3 is 51.4 Å². The summed E-state index contributed by atoms with van der Waals surface area (Å²) in [6.07, 6.45) is 10.2. The number of rotatable bonds is 14. The van der Waals surface area contributed by atoms with Crippen LogP contribution in [0.15, 0.2) is 0 Å². The van der Waals surface area contributed by atoms with Crippen molar-refractivity contribution in [3.8, 4) is 0 Å². The van der Waals surface area contributed by atoms with Gasteiger partial charge in [0.25, 0.3) is 0 Å². The fourth-order valence-corrected chi connectivity index (χ4v) is 3.46. The van der Waals surface area contributed by atoms with Crippen molar-refractivity contribution >= 4 is 10.1 Å². The van der Waals surface area contributed by atoms with Gasteiger partial charge in [0.05, 0.1) is 16.2 Å². The second-order valence-electron chi connectivity index (χ2n) is 6.02. The number of hydrogen-bond acceptors (Lipinski definition) is 4. The molecule has 0 aliphatic carbocycles. The fraction of sp³-hybridized carbons (Fsp3) is 1.00. The van der Waals surface area contributed by atoms with Crippen LogP contribution in [0.3, 0.4) is 0 Å². The van der Waals surface area contributed by atoms with Gasteiger partial charge in [-0.25, -0.2) is 8.42 Å². The van der Waals surface area contributed by atoms with E-state index < -0.39 is 15.4 Å². The van der Waals surface area contributed by atoms with Gasteiger partial charge in [-0.1, -0.05) is 58.8 Å². The maximum Gasteiger partial charge on any atom is 1.00 e. The van der Waals surface area contributed by atoms with Crippen molar-refractivity contribution in [2.75, 3.05) is 0 Å². The zero-order valence-corrected chi connectivity index (χ0v) is 18.7. The standard InChI is InChI=1S/C16H34O4S.K/c1-3-5-6-7-8-9-10-13-16(21(18,19)20)14-11-12-15(17)4-2;/h15-17H,3-14H2,1-2H3,(H,18,19,20);/q;+1/p-1. The summed E-state index contributed by atoms with van der Waals surface area (Å²) in [5.74, 6) is 0. The molecule has 1 N–H and O–H groups in total. The van der Waals surface area contributed by atoms with Crippen molar-refractivity contribution in [1.82, 2.24) is 0 Å². The van der Waals surface area contributed by atoms with Gasteiger partial charge in [-0.3, -0.25) is 0 Å². The first kappa shape index (κ1) is 25.7. The average molecular weight is 361 g/mol. The van der Waals surface area contributed by atoms with Gasteiger partial charge in [0.15, 0.2) is 0 Å². The normalized spacial score (nSPS) is 14.4. The molecule has 0 bridgehead atoms. The van der Waals surface area contributed by atoms with Gasteiger partial charge in [-0.2, -0.15) is 0 Å². The summed E-state index contributed by atoms with van der Waals surface area (Å²) >= 11 is 0. The van der Waals surface area contributed by atoms with Crippen molar-refractivity contribution in [1.29, 1.82) is 0 Å². The molecule has 22 heavy (non-hydrogen) atoms. The number of aliphatic hydroxyl groups is 1. The monoisotopic (exact) mass is 360 g/mol. The molecule has 2 unspecified atom stereocenters. The molecule has 0 saturated carbocycles. The molecule has 4 nitrogen and oxygen atoms in total. The molecule has 0 amide bonds. The Kier molecular flexibility index (Phi) is 18.7. The predicted octanol–water partition coefficient (Wildman–Crippen LogP) is 0.986. The van der Waals surface area contributed by atoms with Crippen molar-refractivity contribution in [2.24, 2.45) is 0 Å². The molecule has 0 rings (SSSR count). The van der Waals surface area contributed by atoms with Crippen molar-refractivity contribution in [3.63, 3.8) is 0 Å². The Morgan fingerprint density at radius 3 is 1.86 bits per heavy atom. The van der Waals surface area contributed by atoms with Gasteiger partial charge in [-0.05, 0) is 32.1 Å². The second-order valence-corrected chi connectivity index (χ2v) is 7.67. The Bertz CT molecular complexity index is 333. The predicted molar refractivity (Wildman–Crippen MR) is 86.2 cm³/mol. The summed E-state index contributed by atoms with van der Waals surface area (Å²) in [5, 5.41) is 8.70. The van der Waals surface area contributed by atoms with E-state index in [4.69, 9.17) is 0 Å². The summed E-state index contributed by atoms with van der Waals surface area (Å²) in [5.41, 5.74) is 0. The first-order chi connectivity index (χ1) is 9.91. The van der Waals surface area contributed by atoms with Gasteiger partial charge in [-0.15, -0.1) is 0 Å². The van der Waals surface area contributed by atoms with Crippen LogP contribution >= 0.6 is 0 Å². The molecule has 0 aromatic rings. The van der Waals surface area contributed by atoms with Crippen LogP contribution in [0.25, 0.3) is 0 Å². The summed E-state index contributed by atoms with van der Waals surface area (Å²) in [6, 6.07) is 0. The van der Waals surface area contributed by atoms with E-state index in [9.17, 15) is 18.1 Å². The Morgan fingerprint density at radius 2 is 1.36 bits per heavy atom. The number of hydrogen-bond donors (Lipinski definition) is 1. The molecule has 0 heterocycles. The quantitative estimate of drug-likeness (QED) is 0.285. The molecule has 128 valence electrons. The minimum absolute atomic E-state index is 0. The smallest absolute Gasteiger partial charge is 0.748 e. The molecule has 0 radical (unpaired) electrons. The third-order valence-electron chi connectivity index (χ3n) is 4.07. The van der Waals surface area contributed by atoms with Crippen molar-refractivity contribution in [2.45, 2.75) is 102 Å². The summed E-state index contributed by atoms with van der Waals surface area (Å²) in [4.78, 5) is 0. The minimum atomic E-state index is -4.20. The van der Waals surface area contributed by atoms with E-state index in [0.717, 1.165) is 19.3 Å². The van der Waals surface area contributed by atoms with Crippen LogP contribution in [-0.4, -0.2) is 29.4 Å². The van der Waals surface area contributed by atoms with Gasteiger partial charge in [0.2, 0.25) is 0 Å². The second kappa shape index (κ2) is 16.0. The Hall–Kier alpha value is 1.51. The zero-order chi connectivity index (χ0) is 16.1. The maximum atomic E-state index is 11.3. The van der Waals surface area contributed by atoms with Crippen LogP contribution in [0.4, 0.5) is 0 Å². The minimum Gasteiger partial charge on any atom is -0.748 e. The first-order valence-corrected chi connectivity index (χ1v) is 10.0. The van der Waals surface area contributed by atoms with Crippen molar-refractivity contribution in [3.05, 3.63) is 0 Å². The molecule has 0 saturated heterocycles. The first-order valence-electron chi connectivity index (χ1n) is 8.54. The van der Waals surface area contributed by atoms with Crippen LogP contribution in [-0.2, 0) is 10.1 Å². The molecular formula is C16H33KO4S. The Balaban J connectivity index is 0. The van der Waals surface area contributed by atoms with E-state index in [0.29, 0.717) is 32.1 Å². The van der Waals surface area contributed by atoms with E-state index in [1.807, 2.05) is 6.92 Å². The molecule has 0 spiro atoms. The third kappa shape index (κ3) is 15.1. The van der Waals surface area contributed by atoms with Gasteiger partial charge < -0.3 is 9.66 Å².